The minimum atomic E-state index is -4.92. The largest absolute Gasteiger partial charge is 0.471 e. The maximum Gasteiger partial charge on any atom is 0.471 e. The van der Waals surface area contributed by atoms with Gasteiger partial charge in [0.2, 0.25) is 0 Å². The fourth-order valence-corrected chi connectivity index (χ4v) is 7.21. The Morgan fingerprint density at radius 1 is 1.07 bits per heavy atom. The molecule has 10 nitrogen and oxygen atoms in total. The van der Waals surface area contributed by atoms with Crippen LogP contribution in [0.5, 0.6) is 0 Å². The number of rotatable bonds is 11. The lowest BCUT2D eigenvalue weighted by molar-refractivity contribution is -0.0180. The van der Waals surface area contributed by atoms with Crippen molar-refractivity contribution in [2.45, 2.75) is 51.1 Å². The van der Waals surface area contributed by atoms with Gasteiger partial charge in [-0.05, 0) is 69.2 Å². The molecule has 4 rings (SSSR count). The molecule has 2 aromatic carbocycles. The molecule has 0 unspecified atom stereocenters. The molecule has 0 bridgehead atoms. The molecule has 0 atom stereocenters. The maximum absolute atomic E-state index is 15.4. The number of phosphoric ester groups is 1. The first-order valence-electron chi connectivity index (χ1n) is 13.7. The first-order chi connectivity index (χ1) is 21.0. The van der Waals surface area contributed by atoms with Gasteiger partial charge >= 0.3 is 7.82 Å². The van der Waals surface area contributed by atoms with E-state index >= 15 is 8.78 Å². The Bertz CT molecular complexity index is 1840. The highest BCUT2D eigenvalue weighted by Crippen LogP contribution is 2.44. The summed E-state index contributed by atoms with van der Waals surface area (Å²) >= 11 is 13.1. The number of imidazole rings is 1. The number of alkyl halides is 2. The second-order valence-corrected chi connectivity index (χ2v) is 15.9. The molecular weight excluding hydrogens is 688 g/mol. The van der Waals surface area contributed by atoms with Crippen molar-refractivity contribution < 1.29 is 45.9 Å². The molecule has 1 aliphatic rings. The Balaban J connectivity index is 1.76. The standard InChI is InChI=1S/C30H33Cl2F2N2O8PS/c1-28(2,26-22(31)7-6-8-23(26)32)27-35-25(29(3,4)37)15-36(27)20-11-9-18(10-12-20)19-13-24(46(5,41)42)21(30(33,34)14-19)16-43-17-44-45(38,39)40/h6-13,15,37H,14,16-17H2,1-5H3,(H2,38,39,40). The maximum atomic E-state index is 15.4. The number of hydrogen-bond acceptors (Lipinski definition) is 7. The van der Waals surface area contributed by atoms with Crippen molar-refractivity contribution in [2.24, 2.45) is 0 Å². The van der Waals surface area contributed by atoms with Gasteiger partial charge in [0, 0.05) is 45.7 Å². The summed E-state index contributed by atoms with van der Waals surface area (Å²) < 4.78 is 77.5. The van der Waals surface area contributed by atoms with E-state index < -0.39 is 64.9 Å². The zero-order chi connectivity index (χ0) is 34.5. The van der Waals surface area contributed by atoms with Crippen LogP contribution in [0, 0.1) is 0 Å². The van der Waals surface area contributed by atoms with Gasteiger partial charge in [0.25, 0.3) is 5.92 Å². The van der Waals surface area contributed by atoms with Crippen molar-refractivity contribution >= 4 is 46.4 Å². The summed E-state index contributed by atoms with van der Waals surface area (Å²) in [6, 6.07) is 11.6. The van der Waals surface area contributed by atoms with Crippen molar-refractivity contribution in [2.75, 3.05) is 19.7 Å². The first kappa shape index (κ1) is 36.4. The molecule has 0 saturated carbocycles. The smallest absolute Gasteiger partial charge is 0.384 e. The third-order valence-corrected chi connectivity index (χ3v) is 9.64. The van der Waals surface area contributed by atoms with Gasteiger partial charge in [-0.3, -0.25) is 4.52 Å². The van der Waals surface area contributed by atoms with Gasteiger partial charge in [-0.1, -0.05) is 41.4 Å². The number of ether oxygens (including phenoxy) is 1. The number of halogens is 4. The second-order valence-electron chi connectivity index (χ2n) is 11.9. The Kier molecular flexibility index (Phi) is 10.2. The molecule has 0 spiro atoms. The normalized spacial score (nSPS) is 16.1. The van der Waals surface area contributed by atoms with Crippen molar-refractivity contribution in [1.82, 2.24) is 9.55 Å². The monoisotopic (exact) mass is 720 g/mol. The van der Waals surface area contributed by atoms with E-state index in [9.17, 15) is 18.1 Å². The van der Waals surface area contributed by atoms with E-state index in [2.05, 4.69) is 4.52 Å². The fourth-order valence-electron chi connectivity index (χ4n) is 5.12. The van der Waals surface area contributed by atoms with Gasteiger partial charge in [-0.25, -0.2) is 26.7 Å². The van der Waals surface area contributed by atoms with Crippen LogP contribution in [-0.2, 0) is 34.7 Å². The van der Waals surface area contributed by atoms with Crippen LogP contribution in [0.25, 0.3) is 11.3 Å². The molecular formula is C30H33Cl2F2N2O8PS. The van der Waals surface area contributed by atoms with E-state index in [0.29, 0.717) is 38.4 Å². The minimum Gasteiger partial charge on any atom is -0.384 e. The first-order valence-corrected chi connectivity index (χ1v) is 17.9. The van der Waals surface area contributed by atoms with Crippen LogP contribution >= 0.6 is 31.0 Å². The molecule has 16 heteroatoms. The molecule has 1 heterocycles. The van der Waals surface area contributed by atoms with Crippen LogP contribution < -0.4 is 0 Å². The molecule has 0 radical (unpaired) electrons. The molecule has 0 aliphatic heterocycles. The lowest BCUT2D eigenvalue weighted by Gasteiger charge is -2.28. The van der Waals surface area contributed by atoms with Crippen LogP contribution in [0.4, 0.5) is 8.78 Å². The number of allylic oxidation sites excluding steroid dienone is 2. The Hall–Kier alpha value is -2.45. The zero-order valence-electron chi connectivity index (χ0n) is 25.5. The van der Waals surface area contributed by atoms with Gasteiger partial charge in [0.05, 0.1) is 22.6 Å². The molecule has 0 amide bonds. The number of sulfone groups is 1. The molecule has 0 fully saturated rings. The molecule has 1 aliphatic carbocycles. The highest BCUT2D eigenvalue weighted by atomic mass is 35.5. The van der Waals surface area contributed by atoms with Crippen molar-refractivity contribution in [3.05, 3.63) is 97.9 Å². The Morgan fingerprint density at radius 2 is 1.65 bits per heavy atom. The van der Waals surface area contributed by atoms with E-state index in [1.807, 2.05) is 13.8 Å². The summed E-state index contributed by atoms with van der Waals surface area (Å²) in [4.78, 5) is 21.6. The van der Waals surface area contributed by atoms with E-state index in [1.165, 1.54) is 0 Å². The third kappa shape index (κ3) is 7.98. The van der Waals surface area contributed by atoms with Crippen LogP contribution in [0.2, 0.25) is 10.0 Å². The van der Waals surface area contributed by atoms with Gasteiger partial charge in [-0.2, -0.15) is 0 Å². The molecule has 1 aromatic heterocycles. The lowest BCUT2D eigenvalue weighted by Crippen LogP contribution is -2.29. The van der Waals surface area contributed by atoms with E-state index in [0.717, 1.165) is 12.3 Å². The summed E-state index contributed by atoms with van der Waals surface area (Å²) in [5.74, 6) is -3.17. The number of aliphatic hydroxyl groups is 1. The van der Waals surface area contributed by atoms with Gasteiger partial charge in [-0.15, -0.1) is 0 Å². The summed E-state index contributed by atoms with van der Waals surface area (Å²) in [7, 11) is -9.10. The lowest BCUT2D eigenvalue weighted by atomic mass is 9.83. The van der Waals surface area contributed by atoms with Crippen LogP contribution in [0.1, 0.15) is 56.8 Å². The molecule has 250 valence electrons. The molecule has 46 heavy (non-hydrogen) atoms. The molecule has 3 N–H and O–H groups in total. The second kappa shape index (κ2) is 12.9. The molecule has 0 saturated heterocycles. The van der Waals surface area contributed by atoms with Gasteiger partial charge in [0.1, 0.15) is 11.4 Å². The summed E-state index contributed by atoms with van der Waals surface area (Å²) in [6.07, 6.45) is 2.72. The van der Waals surface area contributed by atoms with Crippen molar-refractivity contribution in [1.29, 1.82) is 0 Å². The Labute approximate surface area is 275 Å². The van der Waals surface area contributed by atoms with Gasteiger partial charge < -0.3 is 24.2 Å². The number of aromatic nitrogens is 2. The number of hydrogen-bond donors (Lipinski definition) is 3. The molecule has 3 aromatic rings. The minimum absolute atomic E-state index is 0.0402. The predicted octanol–water partition coefficient (Wildman–Crippen LogP) is 6.54. The highest BCUT2D eigenvalue weighted by Gasteiger charge is 2.43. The van der Waals surface area contributed by atoms with Crippen LogP contribution in [0.3, 0.4) is 0 Å². The van der Waals surface area contributed by atoms with E-state index in [4.69, 9.17) is 42.7 Å². The van der Waals surface area contributed by atoms with Crippen LogP contribution in [-0.4, -0.2) is 58.4 Å². The third-order valence-electron chi connectivity index (χ3n) is 7.40. The van der Waals surface area contributed by atoms with Crippen molar-refractivity contribution in [3.8, 4) is 5.69 Å². The van der Waals surface area contributed by atoms with E-state index in [-0.39, 0.29) is 5.57 Å². The topological polar surface area (TPSA) is 148 Å². The quantitative estimate of drug-likeness (QED) is 0.114. The van der Waals surface area contributed by atoms with Crippen LogP contribution in [0.15, 0.2) is 65.2 Å². The number of phosphoric acid groups is 1. The highest BCUT2D eigenvalue weighted by molar-refractivity contribution is 7.94. The van der Waals surface area contributed by atoms with E-state index in [1.54, 1.807) is 67.1 Å². The summed E-state index contributed by atoms with van der Waals surface area (Å²) in [5, 5.41) is 11.6. The fraction of sp³-hybridized carbons (Fsp3) is 0.367. The average molecular weight is 722 g/mol. The van der Waals surface area contributed by atoms with Crippen molar-refractivity contribution in [3.63, 3.8) is 0 Å². The number of benzene rings is 2. The summed E-state index contributed by atoms with van der Waals surface area (Å²) in [6.45, 7) is 4.99. The summed E-state index contributed by atoms with van der Waals surface area (Å²) in [5.41, 5.74) is -1.11. The number of nitrogens with zero attached hydrogens (tertiary/aromatic N) is 2. The average Bonchev–Trinajstić information content (AvgIpc) is 3.37. The Morgan fingerprint density at radius 3 is 2.17 bits per heavy atom. The van der Waals surface area contributed by atoms with Gasteiger partial charge in [0.15, 0.2) is 16.6 Å². The zero-order valence-corrected chi connectivity index (χ0v) is 28.7. The SMILES string of the molecule is CC(C)(O)c1cn(-c2ccc(C3=CC(S(C)(=O)=O)=C(COCOP(=O)(O)O)C(F)(F)C3)cc2)c(C(C)(C)c2c(Cl)cccc2Cl)n1. The predicted molar refractivity (Wildman–Crippen MR) is 171 cm³/mol.